The maximum absolute atomic E-state index is 11.7. The van der Waals surface area contributed by atoms with E-state index >= 15 is 0 Å². The first-order valence-electron chi connectivity index (χ1n) is 4.58. The molecule has 14 heavy (non-hydrogen) atoms. The molecule has 1 heterocycles. The van der Waals surface area contributed by atoms with Gasteiger partial charge in [0.05, 0.1) is 6.61 Å². The van der Waals surface area contributed by atoms with Crippen LogP contribution in [-0.2, 0) is 0 Å². The summed E-state index contributed by atoms with van der Waals surface area (Å²) in [6, 6.07) is 0. The number of carbonyl (C=O) groups excluding carboxylic acids is 1. The zero-order valence-electron chi connectivity index (χ0n) is 8.96. The summed E-state index contributed by atoms with van der Waals surface area (Å²) in [5, 5.41) is 0. The maximum atomic E-state index is 11.7. The van der Waals surface area contributed by atoms with Crippen LogP contribution in [0.3, 0.4) is 0 Å². The number of nitrogens with zero attached hydrogens (tertiary/aromatic N) is 1. The van der Waals surface area contributed by atoms with Gasteiger partial charge in [-0.3, -0.25) is 4.79 Å². The predicted molar refractivity (Wildman–Crippen MR) is 51.5 cm³/mol. The Morgan fingerprint density at radius 2 is 2.21 bits per heavy atom. The first kappa shape index (κ1) is 10.8. The van der Waals surface area contributed by atoms with Crippen molar-refractivity contribution in [2.75, 3.05) is 6.61 Å². The Morgan fingerprint density at radius 3 is 2.71 bits per heavy atom. The van der Waals surface area contributed by atoms with Crippen LogP contribution in [0.15, 0.2) is 10.6 Å². The summed E-state index contributed by atoms with van der Waals surface area (Å²) in [6.45, 7) is 7.80. The van der Waals surface area contributed by atoms with Crippen LogP contribution in [0.5, 0.6) is 5.95 Å². The maximum Gasteiger partial charge on any atom is 0.305 e. The second kappa shape index (κ2) is 3.82. The lowest BCUT2D eigenvalue weighted by atomic mass is 9.91. The Morgan fingerprint density at radius 1 is 1.57 bits per heavy atom. The van der Waals surface area contributed by atoms with Gasteiger partial charge in [0.25, 0.3) is 5.89 Å². The minimum Gasteiger partial charge on any atom is -0.464 e. The Bertz CT molecular complexity index is 322. The lowest BCUT2D eigenvalue weighted by Crippen LogP contribution is -2.20. The first-order valence-corrected chi connectivity index (χ1v) is 4.58. The normalized spacial score (nSPS) is 11.4. The molecule has 0 fully saturated rings. The molecule has 0 N–H and O–H groups in total. The fourth-order valence-electron chi connectivity index (χ4n) is 0.894. The van der Waals surface area contributed by atoms with E-state index in [1.54, 1.807) is 0 Å². The van der Waals surface area contributed by atoms with Crippen molar-refractivity contribution in [1.29, 1.82) is 0 Å². The number of carbonyl (C=O) groups is 1. The molecule has 0 bridgehead atoms. The molecule has 0 saturated carbocycles. The molecular formula is C10H15NO3. The molecule has 1 rings (SSSR count). The minimum atomic E-state index is -0.478. The molecule has 0 amide bonds. The van der Waals surface area contributed by atoms with E-state index in [4.69, 9.17) is 9.15 Å². The van der Waals surface area contributed by atoms with Crippen molar-refractivity contribution in [2.45, 2.75) is 27.7 Å². The number of aromatic nitrogens is 1. The van der Waals surface area contributed by atoms with Crippen LogP contribution in [0.1, 0.15) is 38.4 Å². The summed E-state index contributed by atoms with van der Waals surface area (Å²) in [7, 11) is 0. The van der Waals surface area contributed by atoms with Crippen LogP contribution in [0, 0.1) is 5.41 Å². The number of hydrogen-bond acceptors (Lipinski definition) is 4. The molecule has 0 atom stereocenters. The van der Waals surface area contributed by atoms with Gasteiger partial charge in [0, 0.05) is 5.41 Å². The summed E-state index contributed by atoms with van der Waals surface area (Å²) >= 11 is 0. The van der Waals surface area contributed by atoms with E-state index in [0.29, 0.717) is 12.6 Å². The molecule has 0 aromatic carbocycles. The molecule has 0 saturated heterocycles. The van der Waals surface area contributed by atoms with Crippen LogP contribution in [0.4, 0.5) is 0 Å². The van der Waals surface area contributed by atoms with Crippen LogP contribution in [0.25, 0.3) is 0 Å². The molecule has 1 aromatic rings. The van der Waals surface area contributed by atoms with Crippen LogP contribution in [-0.4, -0.2) is 17.4 Å². The van der Waals surface area contributed by atoms with E-state index in [1.165, 1.54) is 6.20 Å². The van der Waals surface area contributed by atoms with E-state index in [-0.39, 0.29) is 11.7 Å². The number of ether oxygens (including phenoxy) is 1. The number of rotatable bonds is 3. The topological polar surface area (TPSA) is 52.3 Å². The molecule has 0 radical (unpaired) electrons. The van der Waals surface area contributed by atoms with Gasteiger partial charge in [0.2, 0.25) is 5.78 Å². The van der Waals surface area contributed by atoms with Gasteiger partial charge in [-0.05, 0) is 6.92 Å². The highest BCUT2D eigenvalue weighted by molar-refractivity contribution is 5.95. The summed E-state index contributed by atoms with van der Waals surface area (Å²) in [4.78, 5) is 15.5. The Hall–Kier alpha value is -1.32. The molecule has 4 nitrogen and oxygen atoms in total. The van der Waals surface area contributed by atoms with Crippen LogP contribution in [0.2, 0.25) is 0 Å². The van der Waals surface area contributed by atoms with Crippen molar-refractivity contribution in [3.63, 3.8) is 0 Å². The van der Waals surface area contributed by atoms with Gasteiger partial charge in [-0.1, -0.05) is 20.8 Å². The van der Waals surface area contributed by atoms with Crippen molar-refractivity contribution >= 4 is 5.78 Å². The molecule has 4 heteroatoms. The average molecular weight is 197 g/mol. The molecular weight excluding hydrogens is 182 g/mol. The zero-order valence-corrected chi connectivity index (χ0v) is 8.96. The van der Waals surface area contributed by atoms with E-state index in [1.807, 2.05) is 27.7 Å². The van der Waals surface area contributed by atoms with Crippen LogP contribution < -0.4 is 4.74 Å². The monoisotopic (exact) mass is 197 g/mol. The summed E-state index contributed by atoms with van der Waals surface area (Å²) in [5.41, 5.74) is -0.478. The van der Waals surface area contributed by atoms with Gasteiger partial charge in [-0.2, -0.15) is 0 Å². The molecule has 0 aliphatic heterocycles. The average Bonchev–Trinajstić information content (AvgIpc) is 2.50. The van der Waals surface area contributed by atoms with Gasteiger partial charge >= 0.3 is 5.95 Å². The van der Waals surface area contributed by atoms with Crippen molar-refractivity contribution < 1.29 is 13.9 Å². The fraction of sp³-hybridized carbons (Fsp3) is 0.600. The summed E-state index contributed by atoms with van der Waals surface area (Å²) < 4.78 is 10.2. The Balaban J connectivity index is 2.82. The second-order valence-corrected chi connectivity index (χ2v) is 4.00. The third-order valence-corrected chi connectivity index (χ3v) is 1.65. The number of oxazole rings is 1. The lowest BCUT2D eigenvalue weighted by Gasteiger charge is -2.12. The molecule has 0 spiro atoms. The van der Waals surface area contributed by atoms with Gasteiger partial charge in [0.1, 0.15) is 6.20 Å². The number of hydrogen-bond donors (Lipinski definition) is 0. The number of ketones is 1. The third kappa shape index (κ3) is 2.34. The molecule has 78 valence electrons. The fourth-order valence-corrected chi connectivity index (χ4v) is 0.894. The summed E-state index contributed by atoms with van der Waals surface area (Å²) in [6.07, 6.45) is 1.42. The van der Waals surface area contributed by atoms with E-state index in [2.05, 4.69) is 4.98 Å². The minimum absolute atomic E-state index is 0.112. The van der Waals surface area contributed by atoms with E-state index < -0.39 is 5.41 Å². The second-order valence-electron chi connectivity index (χ2n) is 4.00. The SMILES string of the molecule is CCOc1cnc(C(=O)C(C)(C)C)o1. The highest BCUT2D eigenvalue weighted by Crippen LogP contribution is 2.22. The van der Waals surface area contributed by atoms with Crippen LogP contribution >= 0.6 is 0 Å². The van der Waals surface area contributed by atoms with Crippen molar-refractivity contribution in [3.05, 3.63) is 12.1 Å². The Kier molecular flexibility index (Phi) is 2.93. The van der Waals surface area contributed by atoms with Gasteiger partial charge in [-0.15, -0.1) is 0 Å². The lowest BCUT2D eigenvalue weighted by molar-refractivity contribution is 0.0813. The number of Topliss-reactive ketones (excluding diaryl/α,β-unsaturated/α-hetero) is 1. The molecule has 0 aliphatic carbocycles. The van der Waals surface area contributed by atoms with Crippen molar-refractivity contribution in [2.24, 2.45) is 5.41 Å². The standard InChI is InChI=1S/C10H15NO3/c1-5-13-7-6-11-9(14-7)8(12)10(2,3)4/h6H,5H2,1-4H3. The van der Waals surface area contributed by atoms with E-state index in [0.717, 1.165) is 0 Å². The van der Waals surface area contributed by atoms with Gasteiger partial charge < -0.3 is 9.15 Å². The van der Waals surface area contributed by atoms with E-state index in [9.17, 15) is 4.79 Å². The first-order chi connectivity index (χ1) is 6.45. The Labute approximate surface area is 83.3 Å². The highest BCUT2D eigenvalue weighted by atomic mass is 16.6. The van der Waals surface area contributed by atoms with Crippen molar-refractivity contribution in [1.82, 2.24) is 4.98 Å². The predicted octanol–water partition coefficient (Wildman–Crippen LogP) is 2.30. The molecule has 0 aliphatic rings. The largest absolute Gasteiger partial charge is 0.464 e. The van der Waals surface area contributed by atoms with Gasteiger partial charge in [0.15, 0.2) is 0 Å². The zero-order chi connectivity index (χ0) is 10.8. The summed E-state index contributed by atoms with van der Waals surface area (Å²) in [5.74, 6) is 0.282. The molecule has 1 aromatic heterocycles. The van der Waals surface area contributed by atoms with Gasteiger partial charge in [-0.25, -0.2) is 4.98 Å². The quantitative estimate of drug-likeness (QED) is 0.697. The molecule has 0 unspecified atom stereocenters. The van der Waals surface area contributed by atoms with Crippen molar-refractivity contribution in [3.8, 4) is 5.95 Å². The third-order valence-electron chi connectivity index (χ3n) is 1.65. The smallest absolute Gasteiger partial charge is 0.305 e. The highest BCUT2D eigenvalue weighted by Gasteiger charge is 2.27.